The molecule has 0 fully saturated rings. The van der Waals surface area contributed by atoms with Crippen LogP contribution >= 0.6 is 0 Å². The zero-order valence-corrected chi connectivity index (χ0v) is 12.1. The Labute approximate surface area is 126 Å². The van der Waals surface area contributed by atoms with E-state index >= 15 is 0 Å². The maximum absolute atomic E-state index is 11.4. The fourth-order valence-electron chi connectivity index (χ4n) is 2.09. The van der Waals surface area contributed by atoms with Gasteiger partial charge in [0.1, 0.15) is 0 Å². The summed E-state index contributed by atoms with van der Waals surface area (Å²) in [6, 6.07) is 1.19. The minimum atomic E-state index is -1.59. The van der Waals surface area contributed by atoms with Gasteiger partial charge in [0.15, 0.2) is 0 Å². The lowest BCUT2D eigenvalue weighted by atomic mass is 9.91. The van der Waals surface area contributed by atoms with Gasteiger partial charge >= 0.3 is 17.9 Å². The molecular weight excluding hydrogens is 292 g/mol. The molecule has 0 unspecified atom stereocenters. The molecule has 1 rings (SSSR count). The summed E-state index contributed by atoms with van der Waals surface area (Å²) in [6.45, 7) is 3.43. The monoisotopic (exact) mass is 308 g/mol. The zero-order chi connectivity index (χ0) is 16.9. The van der Waals surface area contributed by atoms with Crippen molar-refractivity contribution in [1.29, 1.82) is 0 Å². The van der Waals surface area contributed by atoms with Gasteiger partial charge in [-0.15, -0.1) is 0 Å². The van der Waals surface area contributed by atoms with E-state index in [1.807, 2.05) is 0 Å². The number of ether oxygens (including phenoxy) is 1. The number of carbonyl (C=O) groups is 3. The van der Waals surface area contributed by atoms with Crippen LogP contribution in [0.5, 0.6) is 0 Å². The predicted octanol–water partition coefficient (Wildman–Crippen LogP) is 2.18. The van der Waals surface area contributed by atoms with Crippen molar-refractivity contribution in [3.05, 3.63) is 46.2 Å². The Bertz CT molecular complexity index is 644. The summed E-state index contributed by atoms with van der Waals surface area (Å²) in [6.07, 6.45) is 3.39. The Balaban J connectivity index is 3.45. The number of hydrogen-bond acceptors (Lipinski definition) is 4. The second-order valence-corrected chi connectivity index (χ2v) is 4.46. The molecule has 1 aromatic carbocycles. The highest BCUT2D eigenvalue weighted by Gasteiger charge is 2.27. The van der Waals surface area contributed by atoms with Crippen LogP contribution in [0.2, 0.25) is 0 Å². The molecule has 0 spiro atoms. The van der Waals surface area contributed by atoms with Gasteiger partial charge in [0.05, 0.1) is 29.6 Å². The van der Waals surface area contributed by atoms with Gasteiger partial charge in [-0.3, -0.25) is 0 Å². The van der Waals surface area contributed by atoms with E-state index in [1.165, 1.54) is 19.3 Å². The van der Waals surface area contributed by atoms with Crippen molar-refractivity contribution in [2.75, 3.05) is 6.61 Å². The largest absolute Gasteiger partial charge is 0.501 e. The fourth-order valence-corrected chi connectivity index (χ4v) is 2.09. The molecule has 1 aromatic rings. The van der Waals surface area contributed by atoms with E-state index < -0.39 is 34.6 Å². The van der Waals surface area contributed by atoms with Crippen LogP contribution in [0.4, 0.5) is 0 Å². The van der Waals surface area contributed by atoms with Crippen LogP contribution in [-0.4, -0.2) is 39.8 Å². The molecule has 7 nitrogen and oxygen atoms in total. The Morgan fingerprint density at radius 3 is 2.14 bits per heavy atom. The molecule has 0 heterocycles. The average Bonchev–Trinajstić information content (AvgIpc) is 2.43. The summed E-state index contributed by atoms with van der Waals surface area (Å²) in [5.41, 5.74) is -1.12. The third-order valence-electron chi connectivity index (χ3n) is 3.07. The van der Waals surface area contributed by atoms with E-state index in [-0.39, 0.29) is 18.6 Å². The fraction of sp³-hybridized carbons (Fsp3) is 0.267. The quantitative estimate of drug-likeness (QED) is 0.521. The second kappa shape index (κ2) is 7.26. The highest BCUT2D eigenvalue weighted by Crippen LogP contribution is 2.24. The first kappa shape index (κ1) is 17.2. The molecule has 3 N–H and O–H groups in total. The van der Waals surface area contributed by atoms with Crippen LogP contribution in [0.1, 0.15) is 49.1 Å². The molecule has 22 heavy (non-hydrogen) atoms. The van der Waals surface area contributed by atoms with E-state index in [0.29, 0.717) is 5.56 Å². The zero-order valence-electron chi connectivity index (χ0n) is 12.1. The molecular formula is C15H16O7. The van der Waals surface area contributed by atoms with Crippen molar-refractivity contribution in [3.63, 3.8) is 0 Å². The number of carboxylic acid groups (broad SMARTS) is 3. The first-order valence-corrected chi connectivity index (χ1v) is 6.40. The number of benzene rings is 1. The number of carboxylic acids is 3. The molecule has 118 valence electrons. The summed E-state index contributed by atoms with van der Waals surface area (Å²) < 4.78 is 5.13. The van der Waals surface area contributed by atoms with E-state index in [1.54, 1.807) is 13.0 Å². The van der Waals surface area contributed by atoms with E-state index in [9.17, 15) is 19.5 Å². The Hall–Kier alpha value is -2.83. The highest BCUT2D eigenvalue weighted by molar-refractivity contribution is 6.10. The minimum absolute atomic E-state index is 0.218. The van der Waals surface area contributed by atoms with Crippen molar-refractivity contribution < 1.29 is 34.4 Å². The lowest BCUT2D eigenvalue weighted by Crippen LogP contribution is -2.18. The smallest absolute Gasteiger partial charge is 0.337 e. The standard InChI is InChI=1S/C15H16O7/c1-3-5-22-6-4-9-7-10(13(16)17)12(15(20)21)11(8(9)2)14(18)19/h3,5,7H,4,6H2,1-2H3,(H,16,17)(H,18,19)(H,20,21). The van der Waals surface area contributed by atoms with Crippen LogP contribution < -0.4 is 0 Å². The molecule has 0 bridgehead atoms. The molecule has 0 aliphatic heterocycles. The maximum Gasteiger partial charge on any atom is 0.337 e. The third kappa shape index (κ3) is 3.63. The summed E-state index contributed by atoms with van der Waals surface area (Å²) in [5.74, 6) is -4.56. The maximum atomic E-state index is 11.4. The molecule has 7 heteroatoms. The third-order valence-corrected chi connectivity index (χ3v) is 3.07. The molecule has 0 aliphatic rings. The van der Waals surface area contributed by atoms with Crippen molar-refractivity contribution in [1.82, 2.24) is 0 Å². The molecule has 0 atom stereocenters. The summed E-state index contributed by atoms with van der Waals surface area (Å²) >= 11 is 0. The van der Waals surface area contributed by atoms with Crippen LogP contribution in [0.3, 0.4) is 0 Å². The lowest BCUT2D eigenvalue weighted by Gasteiger charge is -2.14. The average molecular weight is 308 g/mol. The van der Waals surface area contributed by atoms with E-state index in [0.717, 1.165) is 0 Å². The van der Waals surface area contributed by atoms with Gasteiger partial charge in [-0.05, 0) is 31.0 Å². The van der Waals surface area contributed by atoms with Gasteiger partial charge in [-0.1, -0.05) is 6.08 Å². The van der Waals surface area contributed by atoms with Gasteiger partial charge in [-0.2, -0.15) is 0 Å². The molecule has 0 saturated carbocycles. The van der Waals surface area contributed by atoms with Gasteiger partial charge < -0.3 is 20.1 Å². The number of allylic oxidation sites excluding steroid dienone is 1. The van der Waals surface area contributed by atoms with Crippen LogP contribution in [0, 0.1) is 6.92 Å². The topological polar surface area (TPSA) is 121 Å². The van der Waals surface area contributed by atoms with Gasteiger partial charge in [0.25, 0.3) is 0 Å². The number of rotatable bonds is 7. The molecule has 0 aromatic heterocycles. The predicted molar refractivity (Wildman–Crippen MR) is 76.5 cm³/mol. The Morgan fingerprint density at radius 2 is 1.68 bits per heavy atom. The Morgan fingerprint density at radius 1 is 1.09 bits per heavy atom. The molecule has 0 aliphatic carbocycles. The highest BCUT2D eigenvalue weighted by atomic mass is 16.5. The van der Waals surface area contributed by atoms with Crippen LogP contribution in [0.15, 0.2) is 18.4 Å². The summed E-state index contributed by atoms with van der Waals surface area (Å²) in [4.78, 5) is 33.8. The first-order valence-electron chi connectivity index (χ1n) is 6.40. The lowest BCUT2D eigenvalue weighted by molar-refractivity contribution is 0.0632. The summed E-state index contributed by atoms with van der Waals surface area (Å²) in [5, 5.41) is 27.5. The molecule has 0 amide bonds. The van der Waals surface area contributed by atoms with Gasteiger partial charge in [0, 0.05) is 6.42 Å². The van der Waals surface area contributed by atoms with Gasteiger partial charge in [0.2, 0.25) is 0 Å². The van der Waals surface area contributed by atoms with Crippen molar-refractivity contribution in [2.45, 2.75) is 20.3 Å². The Kier molecular flexibility index (Phi) is 5.68. The van der Waals surface area contributed by atoms with E-state index in [4.69, 9.17) is 14.9 Å². The normalized spacial score (nSPS) is 10.6. The van der Waals surface area contributed by atoms with Crippen molar-refractivity contribution in [3.8, 4) is 0 Å². The van der Waals surface area contributed by atoms with Crippen LogP contribution in [-0.2, 0) is 11.2 Å². The molecule has 0 saturated heterocycles. The second-order valence-electron chi connectivity index (χ2n) is 4.46. The first-order chi connectivity index (χ1) is 10.3. The van der Waals surface area contributed by atoms with Gasteiger partial charge in [-0.25, -0.2) is 14.4 Å². The van der Waals surface area contributed by atoms with Crippen molar-refractivity contribution >= 4 is 17.9 Å². The SMILES string of the molecule is CC=COCCc1cc(C(=O)O)c(C(=O)O)c(C(=O)O)c1C. The van der Waals surface area contributed by atoms with E-state index in [2.05, 4.69) is 0 Å². The molecule has 0 radical (unpaired) electrons. The van der Waals surface area contributed by atoms with Crippen LogP contribution in [0.25, 0.3) is 0 Å². The summed E-state index contributed by atoms with van der Waals surface area (Å²) in [7, 11) is 0. The minimum Gasteiger partial charge on any atom is -0.501 e. The number of aromatic carboxylic acids is 3. The van der Waals surface area contributed by atoms with Crippen molar-refractivity contribution in [2.24, 2.45) is 0 Å². The number of hydrogen-bond donors (Lipinski definition) is 3.